The highest BCUT2D eigenvalue weighted by molar-refractivity contribution is 5.69. The Morgan fingerprint density at radius 2 is 1.72 bits per heavy atom. The summed E-state index contributed by atoms with van der Waals surface area (Å²) in [5, 5.41) is 18.9. The zero-order valence-corrected chi connectivity index (χ0v) is 10.9. The Morgan fingerprint density at radius 1 is 1.06 bits per heavy atom. The molecule has 0 bridgehead atoms. The molecule has 0 aromatic carbocycles. The highest BCUT2D eigenvalue weighted by Crippen LogP contribution is 2.23. The average molecular weight is 256 g/mol. The van der Waals surface area contributed by atoms with Crippen LogP contribution in [0.2, 0.25) is 0 Å². The van der Waals surface area contributed by atoms with E-state index in [0.29, 0.717) is 6.04 Å². The van der Waals surface area contributed by atoms with Crippen LogP contribution in [0.4, 0.5) is 0 Å². The molecular weight excluding hydrogens is 232 g/mol. The van der Waals surface area contributed by atoms with Crippen LogP contribution >= 0.6 is 0 Å². The fraction of sp³-hybridized carbons (Fsp3) is 0.923. The van der Waals surface area contributed by atoms with Crippen molar-refractivity contribution < 1.29 is 15.0 Å². The minimum Gasteiger partial charge on any atom is -0.480 e. The molecule has 104 valence electrons. The molecule has 0 aromatic rings. The Balaban J connectivity index is 1.82. The maximum atomic E-state index is 10.7. The van der Waals surface area contributed by atoms with Gasteiger partial charge in [0, 0.05) is 32.2 Å². The molecule has 1 heterocycles. The second-order valence-electron chi connectivity index (χ2n) is 5.48. The van der Waals surface area contributed by atoms with Crippen LogP contribution in [-0.4, -0.2) is 70.9 Å². The lowest BCUT2D eigenvalue weighted by Gasteiger charge is -2.40. The van der Waals surface area contributed by atoms with Crippen LogP contribution in [0.15, 0.2) is 0 Å². The van der Waals surface area contributed by atoms with E-state index in [1.165, 1.54) is 12.8 Å². The first-order valence-electron chi connectivity index (χ1n) is 7.03. The number of aliphatic hydroxyl groups excluding tert-OH is 1. The topological polar surface area (TPSA) is 64.0 Å². The SMILES string of the molecule is O=C(O)CN1CCN(C2CCCCCC2O)CC1. The van der Waals surface area contributed by atoms with E-state index in [4.69, 9.17) is 5.11 Å². The molecule has 2 N–H and O–H groups in total. The first-order chi connectivity index (χ1) is 8.66. The Kier molecular flexibility index (Phi) is 4.97. The minimum atomic E-state index is -0.752. The molecule has 2 rings (SSSR count). The van der Waals surface area contributed by atoms with Gasteiger partial charge in [0.15, 0.2) is 0 Å². The lowest BCUT2D eigenvalue weighted by Crippen LogP contribution is -2.54. The quantitative estimate of drug-likeness (QED) is 0.715. The number of piperazine rings is 1. The number of rotatable bonds is 3. The van der Waals surface area contributed by atoms with Gasteiger partial charge >= 0.3 is 5.97 Å². The Labute approximate surface area is 108 Å². The molecule has 2 atom stereocenters. The molecule has 1 saturated heterocycles. The van der Waals surface area contributed by atoms with Crippen molar-refractivity contribution in [3.8, 4) is 0 Å². The van der Waals surface area contributed by atoms with Gasteiger partial charge in [0.05, 0.1) is 12.6 Å². The van der Waals surface area contributed by atoms with E-state index >= 15 is 0 Å². The summed E-state index contributed by atoms with van der Waals surface area (Å²) in [7, 11) is 0. The van der Waals surface area contributed by atoms with E-state index < -0.39 is 5.97 Å². The highest BCUT2D eigenvalue weighted by Gasteiger charge is 2.30. The van der Waals surface area contributed by atoms with Crippen molar-refractivity contribution in [3.05, 3.63) is 0 Å². The summed E-state index contributed by atoms with van der Waals surface area (Å²) in [6.45, 7) is 3.51. The van der Waals surface area contributed by atoms with Crippen LogP contribution in [-0.2, 0) is 4.79 Å². The van der Waals surface area contributed by atoms with E-state index in [9.17, 15) is 9.90 Å². The number of nitrogens with zero attached hydrogens (tertiary/aromatic N) is 2. The molecule has 0 spiro atoms. The Morgan fingerprint density at radius 3 is 2.39 bits per heavy atom. The first kappa shape index (κ1) is 13.8. The van der Waals surface area contributed by atoms with E-state index in [0.717, 1.165) is 45.4 Å². The maximum absolute atomic E-state index is 10.7. The van der Waals surface area contributed by atoms with Gasteiger partial charge in [-0.1, -0.05) is 19.3 Å². The van der Waals surface area contributed by atoms with Crippen molar-refractivity contribution >= 4 is 5.97 Å². The number of carboxylic acid groups (broad SMARTS) is 1. The number of hydrogen-bond donors (Lipinski definition) is 2. The maximum Gasteiger partial charge on any atom is 0.317 e. The van der Waals surface area contributed by atoms with Crippen molar-refractivity contribution in [2.24, 2.45) is 0 Å². The third-order valence-electron chi connectivity index (χ3n) is 4.18. The van der Waals surface area contributed by atoms with Crippen molar-refractivity contribution in [2.45, 2.75) is 44.2 Å². The fourth-order valence-corrected chi connectivity index (χ4v) is 3.14. The van der Waals surface area contributed by atoms with Crippen LogP contribution in [0.3, 0.4) is 0 Å². The summed E-state index contributed by atoms with van der Waals surface area (Å²) >= 11 is 0. The van der Waals surface area contributed by atoms with Crippen molar-refractivity contribution in [3.63, 3.8) is 0 Å². The molecule has 18 heavy (non-hydrogen) atoms. The third kappa shape index (κ3) is 3.67. The molecule has 0 aromatic heterocycles. The molecule has 0 amide bonds. The van der Waals surface area contributed by atoms with E-state index in [1.54, 1.807) is 0 Å². The third-order valence-corrected chi connectivity index (χ3v) is 4.18. The minimum absolute atomic E-state index is 0.140. The van der Waals surface area contributed by atoms with Crippen LogP contribution in [0.25, 0.3) is 0 Å². The molecule has 5 heteroatoms. The monoisotopic (exact) mass is 256 g/mol. The van der Waals surface area contributed by atoms with Gasteiger partial charge in [-0.25, -0.2) is 0 Å². The number of aliphatic carboxylic acids is 1. The van der Waals surface area contributed by atoms with E-state index in [-0.39, 0.29) is 12.6 Å². The lowest BCUT2D eigenvalue weighted by molar-refractivity contribution is -0.138. The summed E-state index contributed by atoms with van der Waals surface area (Å²) in [5.41, 5.74) is 0. The number of carboxylic acids is 1. The zero-order valence-electron chi connectivity index (χ0n) is 10.9. The molecule has 2 fully saturated rings. The number of aliphatic hydroxyl groups is 1. The lowest BCUT2D eigenvalue weighted by atomic mass is 10.0. The molecule has 0 radical (unpaired) electrons. The van der Waals surface area contributed by atoms with E-state index in [1.807, 2.05) is 4.90 Å². The van der Waals surface area contributed by atoms with Gasteiger partial charge in [0.1, 0.15) is 0 Å². The molecular formula is C13H24N2O3. The Bertz CT molecular complexity index is 277. The molecule has 2 unspecified atom stereocenters. The summed E-state index contributed by atoms with van der Waals surface area (Å²) in [5.74, 6) is -0.752. The second-order valence-corrected chi connectivity index (χ2v) is 5.48. The zero-order chi connectivity index (χ0) is 13.0. The predicted octanol–water partition coefficient (Wildman–Crippen LogP) is 0.382. The molecule has 5 nitrogen and oxygen atoms in total. The van der Waals surface area contributed by atoms with Gasteiger partial charge in [0.2, 0.25) is 0 Å². The van der Waals surface area contributed by atoms with Crippen LogP contribution in [0.5, 0.6) is 0 Å². The van der Waals surface area contributed by atoms with Crippen molar-refractivity contribution in [1.82, 2.24) is 9.80 Å². The van der Waals surface area contributed by atoms with Crippen LogP contribution in [0, 0.1) is 0 Å². The molecule has 1 aliphatic heterocycles. The van der Waals surface area contributed by atoms with Gasteiger partial charge in [-0.3, -0.25) is 14.6 Å². The summed E-state index contributed by atoms with van der Waals surface area (Å²) in [6.07, 6.45) is 5.37. The first-order valence-corrected chi connectivity index (χ1v) is 7.03. The average Bonchev–Trinajstić information content (AvgIpc) is 2.54. The molecule has 1 aliphatic carbocycles. The summed E-state index contributed by atoms with van der Waals surface area (Å²) in [4.78, 5) is 15.0. The van der Waals surface area contributed by atoms with E-state index in [2.05, 4.69) is 4.90 Å². The smallest absolute Gasteiger partial charge is 0.317 e. The van der Waals surface area contributed by atoms with Crippen molar-refractivity contribution in [1.29, 1.82) is 0 Å². The molecule has 1 saturated carbocycles. The van der Waals surface area contributed by atoms with Gasteiger partial charge in [-0.15, -0.1) is 0 Å². The van der Waals surface area contributed by atoms with Gasteiger partial charge in [-0.2, -0.15) is 0 Å². The van der Waals surface area contributed by atoms with Gasteiger partial charge < -0.3 is 10.2 Å². The van der Waals surface area contributed by atoms with Crippen LogP contribution < -0.4 is 0 Å². The number of carbonyl (C=O) groups is 1. The fourth-order valence-electron chi connectivity index (χ4n) is 3.14. The second kappa shape index (κ2) is 6.50. The van der Waals surface area contributed by atoms with Gasteiger partial charge in [-0.05, 0) is 12.8 Å². The summed E-state index contributed by atoms with van der Waals surface area (Å²) < 4.78 is 0. The molecule has 2 aliphatic rings. The number of hydrogen-bond acceptors (Lipinski definition) is 4. The largest absolute Gasteiger partial charge is 0.480 e. The van der Waals surface area contributed by atoms with Crippen molar-refractivity contribution in [2.75, 3.05) is 32.7 Å². The predicted molar refractivity (Wildman–Crippen MR) is 68.5 cm³/mol. The highest BCUT2D eigenvalue weighted by atomic mass is 16.4. The summed E-state index contributed by atoms with van der Waals surface area (Å²) in [6, 6.07) is 0.291. The standard InChI is InChI=1S/C13H24N2O3/c16-12-5-3-1-2-4-11(12)15-8-6-14(7-9-15)10-13(17)18/h11-12,16H,1-10H2,(H,17,18). The van der Waals surface area contributed by atoms with Crippen LogP contribution in [0.1, 0.15) is 32.1 Å². The normalized spacial score (nSPS) is 32.1. The van der Waals surface area contributed by atoms with Gasteiger partial charge in [0.25, 0.3) is 0 Å². The Hall–Kier alpha value is -0.650.